The summed E-state index contributed by atoms with van der Waals surface area (Å²) in [7, 11) is 0. The Hall–Kier alpha value is -1.40. The summed E-state index contributed by atoms with van der Waals surface area (Å²) in [5.41, 5.74) is 0. The van der Waals surface area contributed by atoms with E-state index in [1.807, 2.05) is 18.5 Å². The van der Waals surface area contributed by atoms with Crippen molar-refractivity contribution in [2.24, 2.45) is 0 Å². The number of nitrogens with one attached hydrogen (secondary N) is 1. The standard InChI is InChI=1S/C13H20N4OS/c1-3-4-14-12(18)11(2)16-6-8-17(9-7-16)13-15-5-10-19-13/h3,5,10-11H,1,4,6-9H2,2H3,(H,14,18). The summed E-state index contributed by atoms with van der Waals surface area (Å²) in [4.78, 5) is 20.7. The molecule has 2 heterocycles. The molecule has 1 atom stereocenters. The minimum atomic E-state index is -0.0848. The maximum Gasteiger partial charge on any atom is 0.237 e. The number of hydrogen-bond acceptors (Lipinski definition) is 5. The number of rotatable bonds is 5. The second-order valence-electron chi connectivity index (χ2n) is 4.55. The highest BCUT2D eigenvalue weighted by molar-refractivity contribution is 7.13. The van der Waals surface area contributed by atoms with Crippen LogP contribution >= 0.6 is 11.3 Å². The van der Waals surface area contributed by atoms with Crippen LogP contribution in [0.15, 0.2) is 24.2 Å². The van der Waals surface area contributed by atoms with Gasteiger partial charge in [0.2, 0.25) is 5.91 Å². The normalized spacial score (nSPS) is 18.1. The summed E-state index contributed by atoms with van der Waals surface area (Å²) in [6, 6.07) is -0.0848. The first-order valence-corrected chi connectivity index (χ1v) is 7.37. The fourth-order valence-corrected chi connectivity index (χ4v) is 2.86. The molecular weight excluding hydrogens is 260 g/mol. The lowest BCUT2D eigenvalue weighted by atomic mass is 10.2. The number of thiazole rings is 1. The van der Waals surface area contributed by atoms with Crippen molar-refractivity contribution >= 4 is 22.4 Å². The summed E-state index contributed by atoms with van der Waals surface area (Å²) in [5, 5.41) is 5.91. The smallest absolute Gasteiger partial charge is 0.237 e. The molecule has 1 aromatic rings. The van der Waals surface area contributed by atoms with Gasteiger partial charge in [-0.2, -0.15) is 0 Å². The molecule has 1 N–H and O–H groups in total. The zero-order valence-corrected chi connectivity index (χ0v) is 12.0. The van der Waals surface area contributed by atoms with E-state index in [0.29, 0.717) is 6.54 Å². The third-order valence-corrected chi connectivity index (χ3v) is 4.18. The van der Waals surface area contributed by atoms with Crippen LogP contribution in [0.3, 0.4) is 0 Å². The predicted molar refractivity (Wildman–Crippen MR) is 78.6 cm³/mol. The molecule has 1 aromatic heterocycles. The van der Waals surface area contributed by atoms with E-state index in [0.717, 1.165) is 31.3 Å². The van der Waals surface area contributed by atoms with Crippen molar-refractivity contribution in [3.8, 4) is 0 Å². The number of nitrogens with zero attached hydrogens (tertiary/aromatic N) is 3. The van der Waals surface area contributed by atoms with Crippen molar-refractivity contribution in [2.75, 3.05) is 37.6 Å². The average molecular weight is 280 g/mol. The molecule has 1 saturated heterocycles. The Kier molecular flexibility index (Phi) is 4.93. The number of hydrogen-bond donors (Lipinski definition) is 1. The number of anilines is 1. The summed E-state index contributed by atoms with van der Waals surface area (Å²) in [6.45, 7) is 9.72. The highest BCUT2D eigenvalue weighted by atomic mass is 32.1. The van der Waals surface area contributed by atoms with E-state index in [2.05, 4.69) is 26.7 Å². The maximum absolute atomic E-state index is 11.9. The quantitative estimate of drug-likeness (QED) is 0.816. The van der Waals surface area contributed by atoms with E-state index in [-0.39, 0.29) is 11.9 Å². The lowest BCUT2D eigenvalue weighted by molar-refractivity contribution is -0.125. The third-order valence-electron chi connectivity index (χ3n) is 3.35. The molecule has 1 amide bonds. The Morgan fingerprint density at radius 2 is 2.32 bits per heavy atom. The van der Waals surface area contributed by atoms with E-state index < -0.39 is 0 Å². The molecule has 104 valence electrons. The predicted octanol–water partition coefficient (Wildman–Crippen LogP) is 0.956. The Balaban J connectivity index is 1.82. The van der Waals surface area contributed by atoms with Gasteiger partial charge in [-0.3, -0.25) is 9.69 Å². The molecule has 6 heteroatoms. The van der Waals surface area contributed by atoms with Crippen LogP contribution in [-0.4, -0.2) is 54.6 Å². The first-order chi connectivity index (χ1) is 9.22. The Morgan fingerprint density at radius 3 is 2.89 bits per heavy atom. The Morgan fingerprint density at radius 1 is 1.58 bits per heavy atom. The van der Waals surface area contributed by atoms with Gasteiger partial charge >= 0.3 is 0 Å². The topological polar surface area (TPSA) is 48.5 Å². The molecule has 0 aliphatic carbocycles. The number of piperazine rings is 1. The fourth-order valence-electron chi connectivity index (χ4n) is 2.16. The minimum Gasteiger partial charge on any atom is -0.351 e. The lowest BCUT2D eigenvalue weighted by Crippen LogP contribution is -2.54. The molecule has 0 aromatic carbocycles. The second kappa shape index (κ2) is 6.68. The molecule has 1 aliphatic heterocycles. The van der Waals surface area contributed by atoms with Gasteiger partial charge in [-0.25, -0.2) is 4.98 Å². The van der Waals surface area contributed by atoms with E-state index in [9.17, 15) is 4.79 Å². The first-order valence-electron chi connectivity index (χ1n) is 6.49. The SMILES string of the molecule is C=CCNC(=O)C(C)N1CCN(c2nccs2)CC1. The van der Waals surface area contributed by atoms with Gasteiger partial charge in [0.15, 0.2) is 5.13 Å². The molecule has 2 rings (SSSR count). The van der Waals surface area contributed by atoms with Crippen LogP contribution in [0.5, 0.6) is 0 Å². The summed E-state index contributed by atoms with van der Waals surface area (Å²) in [6.07, 6.45) is 3.53. The average Bonchev–Trinajstić information content (AvgIpc) is 2.98. The van der Waals surface area contributed by atoms with Gasteiger partial charge in [0.25, 0.3) is 0 Å². The van der Waals surface area contributed by atoms with E-state index in [1.54, 1.807) is 17.4 Å². The highest BCUT2D eigenvalue weighted by Crippen LogP contribution is 2.19. The van der Waals surface area contributed by atoms with E-state index in [4.69, 9.17) is 0 Å². The molecule has 0 radical (unpaired) electrons. The van der Waals surface area contributed by atoms with Gasteiger partial charge < -0.3 is 10.2 Å². The minimum absolute atomic E-state index is 0.0719. The second-order valence-corrected chi connectivity index (χ2v) is 5.42. The summed E-state index contributed by atoms with van der Waals surface area (Å²) >= 11 is 1.66. The van der Waals surface area contributed by atoms with Crippen LogP contribution in [-0.2, 0) is 4.79 Å². The van der Waals surface area contributed by atoms with Crippen LogP contribution < -0.4 is 10.2 Å². The van der Waals surface area contributed by atoms with Crippen molar-refractivity contribution < 1.29 is 4.79 Å². The zero-order valence-electron chi connectivity index (χ0n) is 11.2. The molecular formula is C13H20N4OS. The van der Waals surface area contributed by atoms with Crippen molar-refractivity contribution in [1.29, 1.82) is 0 Å². The van der Waals surface area contributed by atoms with Gasteiger partial charge in [0.1, 0.15) is 0 Å². The van der Waals surface area contributed by atoms with Gasteiger partial charge in [0.05, 0.1) is 6.04 Å². The molecule has 0 spiro atoms. The van der Waals surface area contributed by atoms with Gasteiger partial charge in [-0.15, -0.1) is 17.9 Å². The van der Waals surface area contributed by atoms with Crippen LogP contribution in [0.25, 0.3) is 0 Å². The highest BCUT2D eigenvalue weighted by Gasteiger charge is 2.25. The molecule has 1 aliphatic rings. The number of aromatic nitrogens is 1. The van der Waals surface area contributed by atoms with Crippen LogP contribution in [0, 0.1) is 0 Å². The van der Waals surface area contributed by atoms with Crippen molar-refractivity contribution in [3.05, 3.63) is 24.2 Å². The van der Waals surface area contributed by atoms with Gasteiger partial charge in [-0.1, -0.05) is 6.08 Å². The Bertz CT molecular complexity index is 412. The molecule has 5 nitrogen and oxygen atoms in total. The maximum atomic E-state index is 11.9. The summed E-state index contributed by atoms with van der Waals surface area (Å²) < 4.78 is 0. The number of carbonyl (C=O) groups excluding carboxylic acids is 1. The van der Waals surface area contributed by atoms with Crippen molar-refractivity contribution in [3.63, 3.8) is 0 Å². The first kappa shape index (κ1) is 14.0. The molecule has 0 saturated carbocycles. The number of amides is 1. The Labute approximate surface area is 117 Å². The van der Waals surface area contributed by atoms with Gasteiger partial charge in [0, 0.05) is 44.3 Å². The third kappa shape index (κ3) is 3.54. The molecule has 19 heavy (non-hydrogen) atoms. The molecule has 1 unspecified atom stereocenters. The largest absolute Gasteiger partial charge is 0.351 e. The number of carbonyl (C=O) groups is 1. The molecule has 0 bridgehead atoms. The molecule has 1 fully saturated rings. The fraction of sp³-hybridized carbons (Fsp3) is 0.538. The van der Waals surface area contributed by atoms with E-state index >= 15 is 0 Å². The summed E-state index contributed by atoms with van der Waals surface area (Å²) in [5.74, 6) is 0.0719. The van der Waals surface area contributed by atoms with Crippen LogP contribution in [0.2, 0.25) is 0 Å². The van der Waals surface area contributed by atoms with Crippen molar-refractivity contribution in [1.82, 2.24) is 15.2 Å². The van der Waals surface area contributed by atoms with Crippen LogP contribution in [0.4, 0.5) is 5.13 Å². The van der Waals surface area contributed by atoms with Gasteiger partial charge in [-0.05, 0) is 6.92 Å². The monoisotopic (exact) mass is 280 g/mol. The van der Waals surface area contributed by atoms with Crippen molar-refractivity contribution in [2.45, 2.75) is 13.0 Å². The lowest BCUT2D eigenvalue weighted by Gasteiger charge is -2.37. The van der Waals surface area contributed by atoms with E-state index in [1.165, 1.54) is 0 Å². The zero-order chi connectivity index (χ0) is 13.7. The van der Waals surface area contributed by atoms with Crippen LogP contribution in [0.1, 0.15) is 6.92 Å².